The summed E-state index contributed by atoms with van der Waals surface area (Å²) in [6.07, 6.45) is 68.3. The maximum absolute atomic E-state index is 13.5. The molecule has 0 aromatic rings. The second kappa shape index (κ2) is 61.6. The molecule has 11 heteroatoms. The predicted molar refractivity (Wildman–Crippen MR) is 356 cm³/mol. The Hall–Kier alpha value is -2.64. The second-order valence-electron chi connectivity index (χ2n) is 25.0. The minimum Gasteiger partial charge on any atom is -0.454 e. The lowest BCUT2D eigenvalue weighted by Crippen LogP contribution is -2.61. The van der Waals surface area contributed by atoms with Crippen LogP contribution in [-0.4, -0.2) is 99.6 Å². The Bertz CT molecular complexity index is 1620. The predicted octanol–water partition coefficient (Wildman–Crippen LogP) is 18.5. The van der Waals surface area contributed by atoms with Crippen LogP contribution in [0.3, 0.4) is 0 Å². The van der Waals surface area contributed by atoms with Crippen LogP contribution < -0.4 is 5.32 Å². The number of carbonyl (C=O) groups excluding carboxylic acids is 2. The molecule has 1 rings (SSSR count). The Labute approximate surface area is 522 Å². The van der Waals surface area contributed by atoms with E-state index >= 15 is 0 Å². The van der Waals surface area contributed by atoms with Crippen molar-refractivity contribution in [3.63, 3.8) is 0 Å². The molecule has 1 aliphatic rings. The van der Waals surface area contributed by atoms with Crippen molar-refractivity contribution in [2.45, 2.75) is 384 Å². The van der Waals surface area contributed by atoms with Gasteiger partial charge < -0.3 is 45.1 Å². The molecular formula is C74H135NO10. The maximum atomic E-state index is 13.5. The van der Waals surface area contributed by atoms with Gasteiger partial charge in [-0.15, -0.1) is 0 Å². The number of amides is 1. The summed E-state index contributed by atoms with van der Waals surface area (Å²) in [6.45, 7) is 5.80. The smallest absolute Gasteiger partial charge is 0.306 e. The lowest BCUT2D eigenvalue weighted by Gasteiger charge is -2.41. The first-order chi connectivity index (χ1) is 41.7. The fraction of sp³-hybridized carbons (Fsp3) is 0.838. The number of rotatable bonds is 62. The van der Waals surface area contributed by atoms with E-state index in [9.17, 15) is 35.1 Å². The normalized spacial score (nSPS) is 18.7. The molecule has 1 fully saturated rings. The molecule has 1 aliphatic heterocycles. The number of allylic oxidation sites excluding steroid dienone is 9. The average molecular weight is 1200 g/mol. The summed E-state index contributed by atoms with van der Waals surface area (Å²) in [5.41, 5.74) is 0. The molecular weight excluding hydrogens is 1060 g/mol. The summed E-state index contributed by atoms with van der Waals surface area (Å²) in [4.78, 5) is 26.7. The van der Waals surface area contributed by atoms with Crippen molar-refractivity contribution in [3.8, 4) is 0 Å². The zero-order chi connectivity index (χ0) is 61.7. The number of aliphatic hydroxyl groups excluding tert-OH is 5. The first kappa shape index (κ1) is 80.4. The molecule has 0 aliphatic carbocycles. The first-order valence-electron chi connectivity index (χ1n) is 36.1. The van der Waals surface area contributed by atoms with Crippen molar-refractivity contribution in [3.05, 3.63) is 60.8 Å². The largest absolute Gasteiger partial charge is 0.454 e. The molecule has 0 spiro atoms. The van der Waals surface area contributed by atoms with Gasteiger partial charge in [-0.25, -0.2) is 0 Å². The van der Waals surface area contributed by atoms with Gasteiger partial charge in [0.25, 0.3) is 0 Å². The van der Waals surface area contributed by atoms with E-state index < -0.39 is 67.4 Å². The van der Waals surface area contributed by atoms with Crippen LogP contribution in [0.25, 0.3) is 0 Å². The summed E-state index contributed by atoms with van der Waals surface area (Å²) in [5.74, 6) is -1.19. The summed E-state index contributed by atoms with van der Waals surface area (Å²) in [5, 5.41) is 57.2. The van der Waals surface area contributed by atoms with Crippen LogP contribution in [0.2, 0.25) is 0 Å². The van der Waals surface area contributed by atoms with E-state index in [-0.39, 0.29) is 13.0 Å². The number of hydrogen-bond donors (Lipinski definition) is 6. The lowest BCUT2D eigenvalue weighted by molar-refractivity contribution is -0.305. The van der Waals surface area contributed by atoms with Gasteiger partial charge in [0.15, 0.2) is 12.4 Å². The fourth-order valence-electron chi connectivity index (χ4n) is 11.2. The van der Waals surface area contributed by atoms with Gasteiger partial charge in [-0.1, -0.05) is 319 Å². The molecule has 8 atom stereocenters. The molecule has 1 amide bonds. The topological polar surface area (TPSA) is 175 Å². The number of esters is 1. The fourth-order valence-corrected chi connectivity index (χ4v) is 11.2. The Morgan fingerprint density at radius 2 is 0.812 bits per heavy atom. The highest BCUT2D eigenvalue weighted by atomic mass is 16.7. The quantitative estimate of drug-likeness (QED) is 0.0195. The molecule has 85 heavy (non-hydrogen) atoms. The summed E-state index contributed by atoms with van der Waals surface area (Å²) >= 11 is 0. The number of hydrogen-bond acceptors (Lipinski definition) is 10. The van der Waals surface area contributed by atoms with Crippen molar-refractivity contribution in [2.24, 2.45) is 0 Å². The molecule has 11 nitrogen and oxygen atoms in total. The monoisotopic (exact) mass is 1200 g/mol. The van der Waals surface area contributed by atoms with Gasteiger partial charge in [-0.05, 0) is 70.6 Å². The molecule has 6 N–H and O–H groups in total. The Morgan fingerprint density at radius 1 is 0.459 bits per heavy atom. The third-order valence-corrected chi connectivity index (χ3v) is 16.9. The Morgan fingerprint density at radius 3 is 1.24 bits per heavy atom. The minimum absolute atomic E-state index is 0.117. The van der Waals surface area contributed by atoms with Crippen LogP contribution >= 0.6 is 0 Å². The first-order valence-corrected chi connectivity index (χ1v) is 36.1. The van der Waals surface area contributed by atoms with E-state index in [0.29, 0.717) is 19.3 Å². The van der Waals surface area contributed by atoms with Crippen LogP contribution in [0.5, 0.6) is 0 Å². The molecule has 8 unspecified atom stereocenters. The van der Waals surface area contributed by atoms with Crippen LogP contribution in [0, 0.1) is 0 Å². The number of nitrogens with one attached hydrogen (secondary N) is 1. The van der Waals surface area contributed by atoms with E-state index in [2.05, 4.69) is 74.7 Å². The van der Waals surface area contributed by atoms with Crippen LogP contribution in [-0.2, 0) is 23.8 Å². The lowest BCUT2D eigenvalue weighted by atomic mass is 9.99. The van der Waals surface area contributed by atoms with Crippen molar-refractivity contribution in [1.82, 2.24) is 5.32 Å². The van der Waals surface area contributed by atoms with Crippen LogP contribution in [0.1, 0.15) is 335 Å². The molecule has 1 saturated heterocycles. The highest BCUT2D eigenvalue weighted by Gasteiger charge is 2.47. The summed E-state index contributed by atoms with van der Waals surface area (Å²) in [6, 6.07) is -1.02. The Kier molecular flexibility index (Phi) is 58.2. The molecule has 0 aromatic carbocycles. The maximum Gasteiger partial charge on any atom is 0.306 e. The zero-order valence-electron chi connectivity index (χ0n) is 55.2. The SMILES string of the molecule is CCCCC/C=C\C/C=C\C/C=C\C/C=C\CCCCCCCCCCCC(=O)OC1C(OCC(NC(=O)C(O)CCCCCCCCCCCCCCCCCCCCCC)C(O)/C=C/CCCCCCCCCCC)OC(CO)C(O)C1O. The highest BCUT2D eigenvalue weighted by Crippen LogP contribution is 2.26. The molecule has 0 bridgehead atoms. The minimum atomic E-state index is -1.62. The molecule has 1 heterocycles. The second-order valence-corrected chi connectivity index (χ2v) is 25.0. The molecule has 496 valence electrons. The molecule has 0 saturated carbocycles. The van der Waals surface area contributed by atoms with E-state index in [1.54, 1.807) is 6.08 Å². The van der Waals surface area contributed by atoms with Gasteiger partial charge in [0.2, 0.25) is 5.91 Å². The van der Waals surface area contributed by atoms with Gasteiger partial charge in [0, 0.05) is 6.42 Å². The van der Waals surface area contributed by atoms with Crippen molar-refractivity contribution in [2.75, 3.05) is 13.2 Å². The Balaban J connectivity index is 2.55. The van der Waals surface area contributed by atoms with Crippen molar-refractivity contribution < 1.29 is 49.3 Å². The van der Waals surface area contributed by atoms with Gasteiger partial charge in [-0.3, -0.25) is 9.59 Å². The molecule has 0 aromatic heterocycles. The van der Waals surface area contributed by atoms with Crippen molar-refractivity contribution in [1.29, 1.82) is 0 Å². The van der Waals surface area contributed by atoms with E-state index in [1.165, 1.54) is 199 Å². The third-order valence-electron chi connectivity index (χ3n) is 16.9. The van der Waals surface area contributed by atoms with Gasteiger partial charge in [0.05, 0.1) is 25.4 Å². The number of unbranched alkanes of at least 4 members (excludes halogenated alkanes) is 40. The number of ether oxygens (including phenoxy) is 3. The highest BCUT2D eigenvalue weighted by molar-refractivity contribution is 5.80. The molecule has 0 radical (unpaired) electrons. The summed E-state index contributed by atoms with van der Waals surface area (Å²) in [7, 11) is 0. The third kappa shape index (κ3) is 48.9. The van der Waals surface area contributed by atoms with Gasteiger partial charge >= 0.3 is 5.97 Å². The van der Waals surface area contributed by atoms with Crippen molar-refractivity contribution >= 4 is 11.9 Å². The average Bonchev–Trinajstić information content (AvgIpc) is 2.90. The van der Waals surface area contributed by atoms with Gasteiger partial charge in [-0.2, -0.15) is 0 Å². The number of carbonyl (C=O) groups is 2. The zero-order valence-corrected chi connectivity index (χ0v) is 55.2. The van der Waals surface area contributed by atoms with Gasteiger partial charge in [0.1, 0.15) is 24.4 Å². The van der Waals surface area contributed by atoms with E-state index in [0.717, 1.165) is 89.9 Å². The van der Waals surface area contributed by atoms with E-state index in [4.69, 9.17) is 14.2 Å². The van der Waals surface area contributed by atoms with E-state index in [1.807, 2.05) is 6.08 Å². The number of aliphatic hydroxyl groups is 5. The standard InChI is InChI=1S/C74H135NO10/c1-4-7-10-13-16-19-22-24-26-28-30-32-33-34-35-36-38-40-42-44-47-50-53-56-59-62-69(79)85-72-71(81)70(80)68(63-76)84-74(72)83-64-65(66(77)60-57-54-51-48-45-21-18-15-12-9-6-3)75-73(82)67(78)61-58-55-52-49-46-43-41-39-37-31-29-27-25-23-20-17-14-11-8-5-2/h16,19,24,26,30,32,34-35,57,60,65-68,70-72,74,76-78,80-81H,4-15,17-18,20-23,25,27-29,31,33,36-56,58-59,61-64H2,1-3H3,(H,75,82)/b19-16-,26-24-,32-30-,35-34-,60-57+. The van der Waals surface area contributed by atoms with Crippen LogP contribution in [0.4, 0.5) is 0 Å². The summed E-state index contributed by atoms with van der Waals surface area (Å²) < 4.78 is 17.7. The van der Waals surface area contributed by atoms with Crippen LogP contribution in [0.15, 0.2) is 60.8 Å².